The molecule has 0 fully saturated rings. The zero-order valence-electron chi connectivity index (χ0n) is 14.9. The Labute approximate surface area is 177 Å². The molecule has 0 radical (unpaired) electrons. The first-order chi connectivity index (χ1) is 13.9. The van der Waals surface area contributed by atoms with E-state index in [0.717, 1.165) is 17.2 Å². The van der Waals surface area contributed by atoms with Gasteiger partial charge in [-0.15, -0.1) is 0 Å². The third kappa shape index (κ3) is 4.80. The Morgan fingerprint density at radius 3 is 1.93 bits per heavy atom. The van der Waals surface area contributed by atoms with Gasteiger partial charge in [-0.2, -0.15) is 5.26 Å². The highest BCUT2D eigenvalue weighted by atomic mass is 35.5. The molecule has 0 bridgehead atoms. The summed E-state index contributed by atoms with van der Waals surface area (Å²) >= 11 is 11.9. The van der Waals surface area contributed by atoms with Crippen molar-refractivity contribution in [3.63, 3.8) is 0 Å². The van der Waals surface area contributed by atoms with Gasteiger partial charge in [0.15, 0.2) is 0 Å². The van der Waals surface area contributed by atoms with E-state index in [1.54, 1.807) is 54.6 Å². The van der Waals surface area contributed by atoms with E-state index in [1.165, 1.54) is 12.1 Å². The number of amides is 1. The van der Waals surface area contributed by atoms with Crippen LogP contribution in [-0.2, 0) is 0 Å². The second-order valence-electron chi connectivity index (χ2n) is 6.21. The van der Waals surface area contributed by atoms with Crippen LogP contribution in [0.5, 0.6) is 0 Å². The lowest BCUT2D eigenvalue weighted by Crippen LogP contribution is -2.34. The van der Waals surface area contributed by atoms with Crippen LogP contribution in [0.25, 0.3) is 0 Å². The smallest absolute Gasteiger partial charge is 0.256 e. The molecule has 0 spiro atoms. The van der Waals surface area contributed by atoms with Crippen molar-refractivity contribution in [3.8, 4) is 6.07 Å². The SMILES string of the molecule is N#Cc1ccc(C(=O)NC(=N)C(c2ccc(Cl)cc2)c2ccc(Cl)cc2)cc1F. The Morgan fingerprint density at radius 2 is 1.48 bits per heavy atom. The molecular weight excluding hydrogens is 412 g/mol. The summed E-state index contributed by atoms with van der Waals surface area (Å²) in [4.78, 5) is 12.5. The van der Waals surface area contributed by atoms with E-state index < -0.39 is 17.6 Å². The third-order valence-electron chi connectivity index (χ3n) is 4.30. The maximum atomic E-state index is 13.8. The van der Waals surface area contributed by atoms with Crippen LogP contribution in [0, 0.1) is 22.6 Å². The van der Waals surface area contributed by atoms with E-state index in [1.807, 2.05) is 0 Å². The number of nitrogens with one attached hydrogen (secondary N) is 2. The van der Waals surface area contributed by atoms with Gasteiger partial charge in [-0.25, -0.2) is 4.39 Å². The van der Waals surface area contributed by atoms with Gasteiger partial charge in [0.1, 0.15) is 17.7 Å². The first-order valence-corrected chi connectivity index (χ1v) is 9.25. The van der Waals surface area contributed by atoms with Gasteiger partial charge < -0.3 is 5.32 Å². The Hall–Kier alpha value is -3.20. The predicted octanol–water partition coefficient (Wildman–Crippen LogP) is 5.54. The number of nitrogens with zero attached hydrogens (tertiary/aromatic N) is 1. The second-order valence-corrected chi connectivity index (χ2v) is 7.08. The van der Waals surface area contributed by atoms with Crippen LogP contribution in [0.1, 0.15) is 33.0 Å². The standard InChI is InChI=1S/C22H14Cl2FN3O/c23-17-7-3-13(4-8-17)20(14-5-9-18(24)10-6-14)21(27)28-22(29)15-1-2-16(12-26)19(25)11-15/h1-11,20H,(H2,27,28,29). The molecule has 0 saturated carbocycles. The van der Waals surface area contributed by atoms with Crippen molar-refractivity contribution in [2.24, 2.45) is 0 Å². The lowest BCUT2D eigenvalue weighted by molar-refractivity contribution is 0.0975. The molecule has 0 saturated heterocycles. The quantitative estimate of drug-likeness (QED) is 0.424. The van der Waals surface area contributed by atoms with Crippen molar-refractivity contribution in [1.29, 1.82) is 10.7 Å². The number of amidine groups is 1. The monoisotopic (exact) mass is 425 g/mol. The molecule has 0 aliphatic rings. The fraction of sp³-hybridized carbons (Fsp3) is 0.0455. The fourth-order valence-corrected chi connectivity index (χ4v) is 3.10. The zero-order chi connectivity index (χ0) is 21.0. The van der Waals surface area contributed by atoms with Crippen LogP contribution >= 0.6 is 23.2 Å². The van der Waals surface area contributed by atoms with Gasteiger partial charge in [0.05, 0.1) is 11.5 Å². The molecule has 2 N–H and O–H groups in total. The van der Waals surface area contributed by atoms with Gasteiger partial charge in [-0.05, 0) is 53.6 Å². The Bertz CT molecular complexity index is 1060. The van der Waals surface area contributed by atoms with Crippen molar-refractivity contribution in [2.45, 2.75) is 5.92 Å². The lowest BCUT2D eigenvalue weighted by atomic mass is 9.90. The van der Waals surface area contributed by atoms with Crippen LogP contribution < -0.4 is 5.32 Å². The molecular formula is C22H14Cl2FN3O. The number of nitriles is 1. The number of carbonyl (C=O) groups is 1. The molecule has 0 aliphatic carbocycles. The van der Waals surface area contributed by atoms with Crippen molar-refractivity contribution in [3.05, 3.63) is 105 Å². The molecule has 144 valence electrons. The number of rotatable bonds is 4. The summed E-state index contributed by atoms with van der Waals surface area (Å²) in [5.41, 5.74) is 1.34. The first kappa shape index (κ1) is 20.5. The van der Waals surface area contributed by atoms with Crippen molar-refractivity contribution < 1.29 is 9.18 Å². The normalized spacial score (nSPS) is 10.4. The topological polar surface area (TPSA) is 76.7 Å². The molecule has 7 heteroatoms. The van der Waals surface area contributed by atoms with Crippen molar-refractivity contribution in [2.75, 3.05) is 0 Å². The predicted molar refractivity (Wildman–Crippen MR) is 111 cm³/mol. The van der Waals surface area contributed by atoms with E-state index in [0.29, 0.717) is 10.0 Å². The van der Waals surface area contributed by atoms with E-state index in [-0.39, 0.29) is 17.0 Å². The van der Waals surface area contributed by atoms with Gasteiger partial charge in [-0.3, -0.25) is 10.2 Å². The summed E-state index contributed by atoms with van der Waals surface area (Å²) in [6.45, 7) is 0. The van der Waals surface area contributed by atoms with Gasteiger partial charge in [0.25, 0.3) is 5.91 Å². The van der Waals surface area contributed by atoms with Crippen LogP contribution in [0.15, 0.2) is 66.7 Å². The second kappa shape index (κ2) is 8.87. The number of hydrogen-bond acceptors (Lipinski definition) is 3. The highest BCUT2D eigenvalue weighted by Crippen LogP contribution is 2.27. The fourth-order valence-electron chi connectivity index (χ4n) is 2.85. The largest absolute Gasteiger partial charge is 0.310 e. The summed E-state index contributed by atoms with van der Waals surface area (Å²) < 4.78 is 13.8. The molecule has 3 aromatic rings. The van der Waals surface area contributed by atoms with E-state index in [9.17, 15) is 9.18 Å². The lowest BCUT2D eigenvalue weighted by Gasteiger charge is -2.20. The summed E-state index contributed by atoms with van der Waals surface area (Å²) in [5.74, 6) is -2.12. The first-order valence-electron chi connectivity index (χ1n) is 8.49. The van der Waals surface area contributed by atoms with Crippen LogP contribution in [-0.4, -0.2) is 11.7 Å². The number of benzene rings is 3. The highest BCUT2D eigenvalue weighted by Gasteiger charge is 2.22. The molecule has 29 heavy (non-hydrogen) atoms. The van der Waals surface area contributed by atoms with Crippen molar-refractivity contribution in [1.82, 2.24) is 5.32 Å². The van der Waals surface area contributed by atoms with E-state index in [2.05, 4.69) is 5.32 Å². The minimum absolute atomic E-state index is 0.0113. The van der Waals surface area contributed by atoms with Gasteiger partial charge in [0, 0.05) is 15.6 Å². The maximum absolute atomic E-state index is 13.8. The molecule has 0 atom stereocenters. The summed E-state index contributed by atoms with van der Waals surface area (Å²) in [7, 11) is 0. The van der Waals surface area contributed by atoms with Gasteiger partial charge in [-0.1, -0.05) is 47.5 Å². The molecule has 0 aliphatic heterocycles. The molecule has 0 aromatic heterocycles. The summed E-state index contributed by atoms with van der Waals surface area (Å²) in [6, 6.07) is 19.1. The number of halogens is 3. The number of hydrogen-bond donors (Lipinski definition) is 2. The molecule has 0 heterocycles. The highest BCUT2D eigenvalue weighted by molar-refractivity contribution is 6.30. The summed E-state index contributed by atoms with van der Waals surface area (Å²) in [6.07, 6.45) is 0. The van der Waals surface area contributed by atoms with Crippen LogP contribution in [0.2, 0.25) is 10.0 Å². The maximum Gasteiger partial charge on any atom is 0.256 e. The number of carbonyl (C=O) groups excluding carboxylic acids is 1. The average molecular weight is 426 g/mol. The van der Waals surface area contributed by atoms with Crippen molar-refractivity contribution >= 4 is 34.9 Å². The van der Waals surface area contributed by atoms with E-state index >= 15 is 0 Å². The minimum Gasteiger partial charge on any atom is -0.310 e. The van der Waals surface area contributed by atoms with Crippen LogP contribution in [0.4, 0.5) is 4.39 Å². The molecule has 3 aromatic carbocycles. The third-order valence-corrected chi connectivity index (χ3v) is 4.80. The Kier molecular flexibility index (Phi) is 6.28. The molecule has 1 amide bonds. The summed E-state index contributed by atoms with van der Waals surface area (Å²) in [5, 5.41) is 20.9. The Morgan fingerprint density at radius 1 is 0.966 bits per heavy atom. The van der Waals surface area contributed by atoms with Gasteiger partial charge in [0.2, 0.25) is 0 Å². The minimum atomic E-state index is -0.793. The molecule has 0 unspecified atom stereocenters. The average Bonchev–Trinajstić information content (AvgIpc) is 2.71. The zero-order valence-corrected chi connectivity index (χ0v) is 16.4. The molecule has 3 rings (SSSR count). The van der Waals surface area contributed by atoms with E-state index in [4.69, 9.17) is 33.9 Å². The van der Waals surface area contributed by atoms with Crippen LogP contribution in [0.3, 0.4) is 0 Å². The Balaban J connectivity index is 1.91. The van der Waals surface area contributed by atoms with Gasteiger partial charge >= 0.3 is 0 Å². The molecule has 4 nitrogen and oxygen atoms in total.